The fourth-order valence-corrected chi connectivity index (χ4v) is 2.63. The van der Waals surface area contributed by atoms with Gasteiger partial charge in [0, 0.05) is 11.1 Å². The molecule has 0 unspecified atom stereocenters. The number of anilines is 1. The summed E-state index contributed by atoms with van der Waals surface area (Å²) in [4.78, 5) is 12.5. The molecule has 0 saturated carbocycles. The third-order valence-corrected chi connectivity index (χ3v) is 4.14. The summed E-state index contributed by atoms with van der Waals surface area (Å²) in [5, 5.41) is 12.7. The van der Waals surface area contributed by atoms with E-state index < -0.39 is 5.91 Å². The first-order valence-electron chi connectivity index (χ1n) is 7.61. The summed E-state index contributed by atoms with van der Waals surface area (Å²) < 4.78 is 15.6. The summed E-state index contributed by atoms with van der Waals surface area (Å²) >= 11 is 12.2. The van der Waals surface area contributed by atoms with E-state index in [2.05, 4.69) is 5.32 Å². The number of halogens is 2. The molecule has 0 spiro atoms. The van der Waals surface area contributed by atoms with Crippen LogP contribution in [-0.4, -0.2) is 27.2 Å². The maximum absolute atomic E-state index is 12.5. The van der Waals surface area contributed by atoms with Gasteiger partial charge < -0.3 is 19.5 Å². The lowest BCUT2D eigenvalue weighted by molar-refractivity contribution is -0.112. The summed E-state index contributed by atoms with van der Waals surface area (Å²) in [5.74, 6) is 0.631. The van der Waals surface area contributed by atoms with E-state index in [0.717, 1.165) is 0 Å². The van der Waals surface area contributed by atoms with Crippen LogP contribution in [0.5, 0.6) is 17.2 Å². The third-order valence-electron chi connectivity index (χ3n) is 3.58. The van der Waals surface area contributed by atoms with Crippen molar-refractivity contribution in [2.24, 2.45) is 0 Å². The van der Waals surface area contributed by atoms with Crippen molar-refractivity contribution in [3.8, 4) is 23.3 Å². The zero-order chi connectivity index (χ0) is 20.0. The Balaban J connectivity index is 2.38. The van der Waals surface area contributed by atoms with Crippen molar-refractivity contribution in [3.05, 3.63) is 51.5 Å². The molecule has 0 fully saturated rings. The number of nitrogens with one attached hydrogen (secondary N) is 1. The van der Waals surface area contributed by atoms with Gasteiger partial charge in [0.2, 0.25) is 0 Å². The van der Waals surface area contributed by atoms with Crippen LogP contribution in [-0.2, 0) is 4.79 Å². The summed E-state index contributed by atoms with van der Waals surface area (Å²) in [6, 6.07) is 9.74. The lowest BCUT2D eigenvalue weighted by Crippen LogP contribution is -2.14. The second kappa shape index (κ2) is 9.17. The molecule has 27 heavy (non-hydrogen) atoms. The van der Waals surface area contributed by atoms with Crippen LogP contribution in [0.15, 0.2) is 35.9 Å². The quantitative estimate of drug-likeness (QED) is 0.561. The zero-order valence-corrected chi connectivity index (χ0v) is 16.3. The zero-order valence-electron chi connectivity index (χ0n) is 14.8. The predicted octanol–water partition coefficient (Wildman–Crippen LogP) is 4.56. The molecule has 0 heterocycles. The SMILES string of the molecule is COc1ccc(Cl)cc1NC(=O)/C(C#N)=C/c1cc(OC)c(OC)cc1Cl. The Morgan fingerprint density at radius 3 is 2.26 bits per heavy atom. The van der Waals surface area contributed by atoms with E-state index in [4.69, 9.17) is 37.4 Å². The Morgan fingerprint density at radius 1 is 1.04 bits per heavy atom. The van der Waals surface area contributed by atoms with E-state index in [1.54, 1.807) is 24.3 Å². The number of benzene rings is 2. The summed E-state index contributed by atoms with van der Waals surface area (Å²) in [6.07, 6.45) is 1.36. The van der Waals surface area contributed by atoms with Crippen molar-refractivity contribution < 1.29 is 19.0 Å². The number of methoxy groups -OCH3 is 3. The van der Waals surface area contributed by atoms with Crippen molar-refractivity contribution in [2.45, 2.75) is 0 Å². The van der Waals surface area contributed by atoms with E-state index in [9.17, 15) is 10.1 Å². The number of carbonyl (C=O) groups is 1. The highest BCUT2D eigenvalue weighted by Gasteiger charge is 2.15. The molecule has 0 aliphatic heterocycles. The van der Waals surface area contributed by atoms with Crippen LogP contribution in [0.25, 0.3) is 6.08 Å². The van der Waals surface area contributed by atoms with Gasteiger partial charge in [0.1, 0.15) is 17.4 Å². The van der Waals surface area contributed by atoms with Crippen LogP contribution in [0.1, 0.15) is 5.56 Å². The summed E-state index contributed by atoms with van der Waals surface area (Å²) in [5.41, 5.74) is 0.611. The van der Waals surface area contributed by atoms with Gasteiger partial charge >= 0.3 is 0 Å². The molecule has 0 aromatic heterocycles. The highest BCUT2D eigenvalue weighted by Crippen LogP contribution is 2.34. The minimum atomic E-state index is -0.635. The molecular weight excluding hydrogens is 391 g/mol. The van der Waals surface area contributed by atoms with Gasteiger partial charge in [-0.15, -0.1) is 0 Å². The first kappa shape index (κ1) is 20.4. The number of hydrogen-bond donors (Lipinski definition) is 1. The van der Waals surface area contributed by atoms with Gasteiger partial charge in [-0.2, -0.15) is 5.26 Å². The van der Waals surface area contributed by atoms with Crippen molar-refractivity contribution in [3.63, 3.8) is 0 Å². The molecule has 6 nitrogen and oxygen atoms in total. The maximum atomic E-state index is 12.5. The molecule has 8 heteroatoms. The standard InChI is InChI=1S/C19H16Cl2N2O4/c1-25-16-5-4-13(20)8-15(16)23-19(24)12(10-22)6-11-7-17(26-2)18(27-3)9-14(11)21/h4-9H,1-3H3,(H,23,24)/b12-6+. The number of nitriles is 1. The van der Waals surface area contributed by atoms with Crippen molar-refractivity contribution in [1.29, 1.82) is 5.26 Å². The fourth-order valence-electron chi connectivity index (χ4n) is 2.25. The molecule has 0 aliphatic rings. The molecule has 0 atom stereocenters. The molecule has 0 radical (unpaired) electrons. The second-order valence-electron chi connectivity index (χ2n) is 5.20. The van der Waals surface area contributed by atoms with Gasteiger partial charge in [-0.1, -0.05) is 23.2 Å². The van der Waals surface area contributed by atoms with Crippen molar-refractivity contribution in [2.75, 3.05) is 26.6 Å². The monoisotopic (exact) mass is 406 g/mol. The second-order valence-corrected chi connectivity index (χ2v) is 6.04. The third kappa shape index (κ3) is 4.85. The Hall–Kier alpha value is -2.88. The number of amides is 1. The van der Waals surface area contributed by atoms with Crippen LogP contribution >= 0.6 is 23.2 Å². The minimum absolute atomic E-state index is 0.161. The molecule has 1 N–H and O–H groups in total. The van der Waals surface area contributed by atoms with Gasteiger partial charge in [-0.05, 0) is 35.9 Å². The molecule has 140 valence electrons. The van der Waals surface area contributed by atoms with E-state index in [-0.39, 0.29) is 5.57 Å². The smallest absolute Gasteiger partial charge is 0.266 e. The fraction of sp³-hybridized carbons (Fsp3) is 0.158. The first-order chi connectivity index (χ1) is 12.9. The van der Waals surface area contributed by atoms with Gasteiger partial charge in [-0.25, -0.2) is 0 Å². The van der Waals surface area contributed by atoms with Crippen LogP contribution in [0.4, 0.5) is 5.69 Å². The van der Waals surface area contributed by atoms with Crippen LogP contribution in [0.2, 0.25) is 10.0 Å². The topological polar surface area (TPSA) is 80.6 Å². The van der Waals surface area contributed by atoms with E-state index in [1.807, 2.05) is 6.07 Å². The predicted molar refractivity (Wildman–Crippen MR) is 105 cm³/mol. The maximum Gasteiger partial charge on any atom is 0.266 e. The number of ether oxygens (including phenoxy) is 3. The molecule has 2 aromatic rings. The number of nitrogens with zero attached hydrogens (tertiary/aromatic N) is 1. The van der Waals surface area contributed by atoms with Gasteiger partial charge in [-0.3, -0.25) is 4.79 Å². The Kier molecular flexibility index (Phi) is 6.94. The highest BCUT2D eigenvalue weighted by atomic mass is 35.5. The van der Waals surface area contributed by atoms with Crippen molar-refractivity contribution in [1.82, 2.24) is 0 Å². The number of rotatable bonds is 6. The van der Waals surface area contributed by atoms with E-state index in [1.165, 1.54) is 33.5 Å². The lowest BCUT2D eigenvalue weighted by atomic mass is 10.1. The first-order valence-corrected chi connectivity index (χ1v) is 8.37. The Morgan fingerprint density at radius 2 is 1.67 bits per heavy atom. The lowest BCUT2D eigenvalue weighted by Gasteiger charge is -2.11. The highest BCUT2D eigenvalue weighted by molar-refractivity contribution is 6.32. The molecule has 2 aromatic carbocycles. The van der Waals surface area contributed by atoms with Gasteiger partial charge in [0.15, 0.2) is 11.5 Å². The van der Waals surface area contributed by atoms with Crippen LogP contribution in [0.3, 0.4) is 0 Å². The van der Waals surface area contributed by atoms with Gasteiger partial charge in [0.05, 0.1) is 32.0 Å². The van der Waals surface area contributed by atoms with Crippen LogP contribution < -0.4 is 19.5 Å². The largest absolute Gasteiger partial charge is 0.495 e. The Labute approximate surface area is 166 Å². The van der Waals surface area contributed by atoms with Crippen molar-refractivity contribution >= 4 is 40.9 Å². The van der Waals surface area contributed by atoms with Crippen LogP contribution in [0, 0.1) is 11.3 Å². The summed E-state index contributed by atoms with van der Waals surface area (Å²) in [7, 11) is 4.42. The Bertz CT molecular complexity index is 936. The van der Waals surface area contributed by atoms with Gasteiger partial charge in [0.25, 0.3) is 5.91 Å². The van der Waals surface area contributed by atoms with E-state index >= 15 is 0 Å². The molecule has 2 rings (SSSR count). The number of hydrogen-bond acceptors (Lipinski definition) is 5. The van der Waals surface area contributed by atoms with E-state index in [0.29, 0.717) is 38.5 Å². The molecule has 0 bridgehead atoms. The average molecular weight is 407 g/mol. The average Bonchev–Trinajstić information content (AvgIpc) is 2.66. The summed E-state index contributed by atoms with van der Waals surface area (Å²) in [6.45, 7) is 0. The molecular formula is C19H16Cl2N2O4. The minimum Gasteiger partial charge on any atom is -0.495 e. The molecule has 0 saturated heterocycles. The number of carbonyl (C=O) groups excluding carboxylic acids is 1. The normalized spacial score (nSPS) is 10.7. The molecule has 0 aliphatic carbocycles. The molecule has 1 amide bonds.